The van der Waals surface area contributed by atoms with E-state index >= 15 is 0 Å². The minimum atomic E-state index is -0.945. The Kier molecular flexibility index (Phi) is 5.97. The first-order chi connectivity index (χ1) is 8.54. The van der Waals surface area contributed by atoms with E-state index in [4.69, 9.17) is 0 Å². The Morgan fingerprint density at radius 3 is 2.83 bits per heavy atom. The molecule has 1 aromatic heterocycles. The second-order valence-corrected chi connectivity index (χ2v) is 5.81. The maximum atomic E-state index is 13.5. The Labute approximate surface area is 109 Å². The molecule has 0 amide bonds. The number of nitrogens with one attached hydrogen (secondary N) is 2. The van der Waals surface area contributed by atoms with Crippen molar-refractivity contribution in [1.82, 2.24) is 9.97 Å². The van der Waals surface area contributed by atoms with Gasteiger partial charge in [0.15, 0.2) is 11.6 Å². The summed E-state index contributed by atoms with van der Waals surface area (Å²) >= 11 is 0. The average Bonchev–Trinajstić information content (AvgIpc) is 2.35. The van der Waals surface area contributed by atoms with Crippen LogP contribution in [0.3, 0.4) is 0 Å². The number of nitrogens with zero attached hydrogens (tertiary/aromatic N) is 2. The maximum absolute atomic E-state index is 13.5. The highest BCUT2D eigenvalue weighted by molar-refractivity contribution is 7.84. The Morgan fingerprint density at radius 2 is 2.22 bits per heavy atom. The van der Waals surface area contributed by atoms with Gasteiger partial charge in [-0.2, -0.15) is 4.98 Å². The lowest BCUT2D eigenvalue weighted by Crippen LogP contribution is -2.22. The highest BCUT2D eigenvalue weighted by Gasteiger charge is 2.10. The molecule has 0 aromatic carbocycles. The molecular weight excluding hydrogens is 255 g/mol. The monoisotopic (exact) mass is 274 g/mol. The fourth-order valence-corrected chi connectivity index (χ4v) is 1.49. The van der Waals surface area contributed by atoms with Crippen LogP contribution in [0.1, 0.15) is 20.3 Å². The maximum Gasteiger partial charge on any atom is 0.224 e. The molecule has 0 saturated heterocycles. The highest BCUT2D eigenvalue weighted by atomic mass is 32.2. The van der Waals surface area contributed by atoms with Crippen LogP contribution in [0.15, 0.2) is 6.20 Å². The molecule has 0 fully saturated rings. The predicted octanol–water partition coefficient (Wildman–Crippen LogP) is 1.62. The Hall–Kier alpha value is -1.24. The van der Waals surface area contributed by atoms with E-state index in [9.17, 15) is 8.60 Å². The largest absolute Gasteiger partial charge is 0.366 e. The van der Waals surface area contributed by atoms with Crippen molar-refractivity contribution >= 4 is 22.6 Å². The van der Waals surface area contributed by atoms with Crippen LogP contribution in [-0.4, -0.2) is 38.8 Å². The van der Waals surface area contributed by atoms with Crippen molar-refractivity contribution in [3.63, 3.8) is 0 Å². The number of halogens is 1. The third-order valence-electron chi connectivity index (χ3n) is 2.40. The van der Waals surface area contributed by atoms with Crippen molar-refractivity contribution in [1.29, 1.82) is 0 Å². The number of anilines is 2. The van der Waals surface area contributed by atoms with Crippen LogP contribution in [0.4, 0.5) is 16.2 Å². The van der Waals surface area contributed by atoms with E-state index in [0.717, 1.165) is 19.2 Å². The van der Waals surface area contributed by atoms with Crippen molar-refractivity contribution < 1.29 is 8.60 Å². The highest BCUT2D eigenvalue weighted by Crippen LogP contribution is 2.12. The first-order valence-corrected chi connectivity index (χ1v) is 7.49. The number of hydrogen-bond acceptors (Lipinski definition) is 5. The second-order valence-electron chi connectivity index (χ2n) is 4.01. The SMILES string of the molecule is CCCNc1ncc(F)c(NCC(C)S(C)=O)n1. The van der Waals surface area contributed by atoms with E-state index in [1.165, 1.54) is 0 Å². The molecule has 2 unspecified atom stereocenters. The molecule has 18 heavy (non-hydrogen) atoms. The van der Waals surface area contributed by atoms with Crippen LogP contribution in [-0.2, 0) is 10.8 Å². The second kappa shape index (κ2) is 7.25. The van der Waals surface area contributed by atoms with E-state index in [1.54, 1.807) is 6.26 Å². The topological polar surface area (TPSA) is 66.9 Å². The van der Waals surface area contributed by atoms with Crippen molar-refractivity contribution in [2.75, 3.05) is 30.0 Å². The van der Waals surface area contributed by atoms with E-state index in [1.807, 2.05) is 13.8 Å². The minimum absolute atomic E-state index is 0.0635. The number of rotatable bonds is 7. The number of hydrogen-bond donors (Lipinski definition) is 2. The van der Waals surface area contributed by atoms with Crippen LogP contribution in [0.2, 0.25) is 0 Å². The summed E-state index contributed by atoms with van der Waals surface area (Å²) in [5.74, 6) is 0.0260. The fourth-order valence-electron chi connectivity index (χ4n) is 1.17. The van der Waals surface area contributed by atoms with Crippen molar-refractivity contribution in [3.8, 4) is 0 Å². The molecule has 2 N–H and O–H groups in total. The Bertz CT molecular complexity index is 416. The molecule has 102 valence electrons. The quantitative estimate of drug-likeness (QED) is 0.791. The van der Waals surface area contributed by atoms with E-state index in [0.29, 0.717) is 12.5 Å². The average molecular weight is 274 g/mol. The Morgan fingerprint density at radius 1 is 1.50 bits per heavy atom. The Balaban J connectivity index is 2.66. The molecule has 0 saturated carbocycles. The molecule has 2 atom stereocenters. The van der Waals surface area contributed by atoms with Crippen LogP contribution in [0, 0.1) is 5.82 Å². The summed E-state index contributed by atoms with van der Waals surface area (Å²) in [6.45, 7) is 5.00. The van der Waals surface area contributed by atoms with Gasteiger partial charge in [-0.05, 0) is 13.3 Å². The van der Waals surface area contributed by atoms with Gasteiger partial charge in [0.05, 0.1) is 6.20 Å². The molecule has 0 radical (unpaired) electrons. The van der Waals surface area contributed by atoms with Gasteiger partial charge < -0.3 is 10.6 Å². The van der Waals surface area contributed by atoms with Gasteiger partial charge in [0, 0.05) is 35.4 Å². The summed E-state index contributed by atoms with van der Waals surface area (Å²) < 4.78 is 24.6. The van der Waals surface area contributed by atoms with Crippen LogP contribution < -0.4 is 10.6 Å². The molecule has 0 aliphatic heterocycles. The van der Waals surface area contributed by atoms with Crippen molar-refractivity contribution in [2.45, 2.75) is 25.5 Å². The lowest BCUT2D eigenvalue weighted by atomic mass is 10.4. The van der Waals surface area contributed by atoms with Crippen molar-refractivity contribution in [3.05, 3.63) is 12.0 Å². The summed E-state index contributed by atoms with van der Waals surface area (Å²) in [5.41, 5.74) is 0. The summed E-state index contributed by atoms with van der Waals surface area (Å²) in [7, 11) is -0.945. The van der Waals surface area contributed by atoms with Crippen molar-refractivity contribution in [2.24, 2.45) is 0 Å². The zero-order valence-corrected chi connectivity index (χ0v) is 11.7. The first-order valence-electron chi connectivity index (χ1n) is 5.87. The summed E-state index contributed by atoms with van der Waals surface area (Å²) in [5, 5.41) is 5.77. The zero-order chi connectivity index (χ0) is 13.5. The van der Waals surface area contributed by atoms with Gasteiger partial charge in [-0.25, -0.2) is 9.37 Å². The smallest absolute Gasteiger partial charge is 0.224 e. The predicted molar refractivity (Wildman–Crippen MR) is 72.8 cm³/mol. The lowest BCUT2D eigenvalue weighted by Gasteiger charge is -2.12. The summed E-state index contributed by atoms with van der Waals surface area (Å²) in [4.78, 5) is 7.88. The molecule has 5 nitrogen and oxygen atoms in total. The van der Waals surface area contributed by atoms with Gasteiger partial charge in [0.1, 0.15) is 0 Å². The fraction of sp³-hybridized carbons (Fsp3) is 0.636. The van der Waals surface area contributed by atoms with Gasteiger partial charge in [0.25, 0.3) is 0 Å². The van der Waals surface area contributed by atoms with E-state index in [-0.39, 0.29) is 11.1 Å². The minimum Gasteiger partial charge on any atom is -0.366 e. The van der Waals surface area contributed by atoms with Gasteiger partial charge in [-0.1, -0.05) is 6.92 Å². The molecule has 1 aromatic rings. The summed E-state index contributed by atoms with van der Waals surface area (Å²) in [6, 6.07) is 0. The molecule has 1 rings (SSSR count). The standard InChI is InChI=1S/C11H19FN4OS/c1-4-5-13-11-15-7-9(12)10(16-11)14-6-8(2)18(3)17/h7-8H,4-6H2,1-3H3,(H2,13,14,15,16). The molecule has 0 aliphatic carbocycles. The van der Waals surface area contributed by atoms with Crippen LogP contribution in [0.25, 0.3) is 0 Å². The first kappa shape index (κ1) is 14.8. The van der Waals surface area contributed by atoms with E-state index < -0.39 is 16.6 Å². The molecule has 0 spiro atoms. The molecule has 7 heteroatoms. The molecular formula is C11H19FN4OS. The third kappa shape index (κ3) is 4.56. The van der Waals surface area contributed by atoms with Gasteiger partial charge in [0.2, 0.25) is 5.95 Å². The summed E-state index contributed by atoms with van der Waals surface area (Å²) in [6.07, 6.45) is 3.69. The third-order valence-corrected chi connectivity index (χ3v) is 3.70. The van der Waals surface area contributed by atoms with Crippen LogP contribution >= 0.6 is 0 Å². The lowest BCUT2D eigenvalue weighted by molar-refractivity contribution is 0.616. The van der Waals surface area contributed by atoms with Gasteiger partial charge in [-0.15, -0.1) is 0 Å². The van der Waals surface area contributed by atoms with Crippen LogP contribution in [0.5, 0.6) is 0 Å². The van der Waals surface area contributed by atoms with Gasteiger partial charge >= 0.3 is 0 Å². The molecule has 1 heterocycles. The normalized spacial score (nSPS) is 14.0. The number of aromatic nitrogens is 2. The van der Waals surface area contributed by atoms with Gasteiger partial charge in [-0.3, -0.25) is 4.21 Å². The van der Waals surface area contributed by atoms with E-state index in [2.05, 4.69) is 20.6 Å². The molecule has 0 bridgehead atoms. The zero-order valence-electron chi connectivity index (χ0n) is 10.9. The molecule has 0 aliphatic rings.